The number of carbonyl (C=O) groups is 2. The van der Waals surface area contributed by atoms with Crippen molar-refractivity contribution in [3.63, 3.8) is 0 Å². The van der Waals surface area contributed by atoms with Gasteiger partial charge in [-0.1, -0.05) is 0 Å². The summed E-state index contributed by atoms with van der Waals surface area (Å²) in [5.74, 6) is 0.733. The molecule has 0 radical (unpaired) electrons. The third-order valence-electron chi connectivity index (χ3n) is 3.70. The van der Waals surface area contributed by atoms with Crippen LogP contribution < -0.4 is 14.8 Å². The minimum absolute atomic E-state index is 0.140. The zero-order valence-electron chi connectivity index (χ0n) is 15.8. The summed E-state index contributed by atoms with van der Waals surface area (Å²) in [5.41, 5.74) is 1.07. The van der Waals surface area contributed by atoms with Gasteiger partial charge in [-0.25, -0.2) is 4.79 Å². The number of thioether (sulfide) groups is 1. The van der Waals surface area contributed by atoms with Crippen molar-refractivity contribution < 1.29 is 23.8 Å². The van der Waals surface area contributed by atoms with Gasteiger partial charge in [0.2, 0.25) is 5.91 Å². The van der Waals surface area contributed by atoms with Gasteiger partial charge < -0.3 is 19.5 Å². The summed E-state index contributed by atoms with van der Waals surface area (Å²) < 4.78 is 15.4. The lowest BCUT2D eigenvalue weighted by Crippen LogP contribution is -2.22. The molecule has 0 saturated heterocycles. The monoisotopic (exact) mass is 389 g/mol. The lowest BCUT2D eigenvalue weighted by Gasteiger charge is -2.14. The second-order valence-corrected chi connectivity index (χ2v) is 6.98. The van der Waals surface area contributed by atoms with E-state index in [0.717, 1.165) is 4.90 Å². The molecule has 0 aromatic heterocycles. The van der Waals surface area contributed by atoms with Crippen molar-refractivity contribution in [1.82, 2.24) is 0 Å². The highest BCUT2D eigenvalue weighted by atomic mass is 32.2. The second kappa shape index (κ2) is 9.87. The molecule has 7 heteroatoms. The zero-order valence-corrected chi connectivity index (χ0v) is 16.6. The summed E-state index contributed by atoms with van der Waals surface area (Å²) in [7, 11) is 3.15. The Kier molecular flexibility index (Phi) is 7.55. The average Bonchev–Trinajstić information content (AvgIpc) is 2.68. The third-order valence-corrected chi connectivity index (χ3v) is 4.79. The molecule has 1 atom stereocenters. The number of esters is 1. The molecule has 0 aliphatic carbocycles. The van der Waals surface area contributed by atoms with Crippen LogP contribution in [0.3, 0.4) is 0 Å². The van der Waals surface area contributed by atoms with E-state index in [4.69, 9.17) is 14.2 Å². The SMILES string of the molecule is CCOC(=O)c1ccc(NC(=O)[C@H](C)Sc2ccc(OC)c(OC)c2)cc1. The molecule has 144 valence electrons. The molecular formula is C20H23NO5S. The fourth-order valence-electron chi connectivity index (χ4n) is 2.30. The highest BCUT2D eigenvalue weighted by molar-refractivity contribution is 8.00. The maximum Gasteiger partial charge on any atom is 0.338 e. The van der Waals surface area contributed by atoms with E-state index in [1.807, 2.05) is 19.1 Å². The van der Waals surface area contributed by atoms with Crippen molar-refractivity contribution in [3.05, 3.63) is 48.0 Å². The van der Waals surface area contributed by atoms with Crippen molar-refractivity contribution in [2.24, 2.45) is 0 Å². The molecule has 0 saturated carbocycles. The quantitative estimate of drug-likeness (QED) is 0.543. The molecule has 1 N–H and O–H groups in total. The normalized spacial score (nSPS) is 11.4. The number of ether oxygens (including phenoxy) is 3. The molecule has 6 nitrogen and oxygen atoms in total. The van der Waals surface area contributed by atoms with Gasteiger partial charge >= 0.3 is 5.97 Å². The van der Waals surface area contributed by atoms with Crippen LogP contribution in [0.4, 0.5) is 5.69 Å². The van der Waals surface area contributed by atoms with Crippen LogP contribution in [0.1, 0.15) is 24.2 Å². The smallest absolute Gasteiger partial charge is 0.338 e. The Morgan fingerprint density at radius 2 is 1.70 bits per heavy atom. The first-order chi connectivity index (χ1) is 13.0. The number of benzene rings is 2. The summed E-state index contributed by atoms with van der Waals surface area (Å²) in [4.78, 5) is 25.0. The molecule has 2 aromatic carbocycles. The lowest BCUT2D eigenvalue weighted by molar-refractivity contribution is -0.115. The molecular weight excluding hydrogens is 366 g/mol. The van der Waals surface area contributed by atoms with Crippen LogP contribution in [-0.2, 0) is 9.53 Å². The molecule has 0 fully saturated rings. The van der Waals surface area contributed by atoms with Crippen molar-refractivity contribution in [2.75, 3.05) is 26.1 Å². The predicted octanol–water partition coefficient (Wildman–Crippen LogP) is 4.00. The Hall–Kier alpha value is -2.67. The van der Waals surface area contributed by atoms with Gasteiger partial charge in [-0.05, 0) is 56.3 Å². The Morgan fingerprint density at radius 1 is 1.04 bits per heavy atom. The van der Waals surface area contributed by atoms with Gasteiger partial charge in [0.15, 0.2) is 11.5 Å². The minimum atomic E-state index is -0.382. The summed E-state index contributed by atoms with van der Waals surface area (Å²) in [6.45, 7) is 3.90. The number of methoxy groups -OCH3 is 2. The number of nitrogens with one attached hydrogen (secondary N) is 1. The van der Waals surface area contributed by atoms with Crippen LogP contribution >= 0.6 is 11.8 Å². The molecule has 0 bridgehead atoms. The minimum Gasteiger partial charge on any atom is -0.493 e. The van der Waals surface area contributed by atoms with Crippen molar-refractivity contribution in [2.45, 2.75) is 24.0 Å². The molecule has 27 heavy (non-hydrogen) atoms. The van der Waals surface area contributed by atoms with E-state index in [1.54, 1.807) is 51.5 Å². The highest BCUT2D eigenvalue weighted by Crippen LogP contribution is 2.33. The largest absolute Gasteiger partial charge is 0.493 e. The second-order valence-electron chi connectivity index (χ2n) is 5.56. The van der Waals surface area contributed by atoms with Gasteiger partial charge in [0.05, 0.1) is 31.6 Å². The lowest BCUT2D eigenvalue weighted by atomic mass is 10.2. The van der Waals surface area contributed by atoms with E-state index >= 15 is 0 Å². The predicted molar refractivity (Wildman–Crippen MR) is 106 cm³/mol. The highest BCUT2D eigenvalue weighted by Gasteiger charge is 2.16. The van der Waals surface area contributed by atoms with E-state index in [0.29, 0.717) is 29.4 Å². The van der Waals surface area contributed by atoms with Crippen LogP contribution in [0.2, 0.25) is 0 Å². The molecule has 0 aliphatic rings. The number of hydrogen-bond donors (Lipinski definition) is 1. The Bertz CT molecular complexity index is 791. The summed E-state index contributed by atoms with van der Waals surface area (Å²) in [6.07, 6.45) is 0. The zero-order chi connectivity index (χ0) is 19.8. The Labute approximate surface area is 163 Å². The Morgan fingerprint density at radius 3 is 2.30 bits per heavy atom. The number of amides is 1. The molecule has 0 heterocycles. The molecule has 0 spiro atoms. The fourth-order valence-corrected chi connectivity index (χ4v) is 3.19. The van der Waals surface area contributed by atoms with Gasteiger partial charge in [-0.15, -0.1) is 11.8 Å². The van der Waals surface area contributed by atoms with E-state index in [-0.39, 0.29) is 17.1 Å². The summed E-state index contributed by atoms with van der Waals surface area (Å²) in [5, 5.41) is 2.52. The number of rotatable bonds is 8. The van der Waals surface area contributed by atoms with E-state index in [2.05, 4.69) is 5.32 Å². The van der Waals surface area contributed by atoms with Crippen molar-refractivity contribution >= 4 is 29.3 Å². The van der Waals surface area contributed by atoms with Gasteiger partial charge in [0.25, 0.3) is 0 Å². The first-order valence-corrected chi connectivity index (χ1v) is 9.33. The summed E-state index contributed by atoms with van der Waals surface area (Å²) in [6, 6.07) is 12.1. The first kappa shape index (κ1) is 20.6. The molecule has 2 aromatic rings. The average molecular weight is 389 g/mol. The molecule has 2 rings (SSSR count). The number of carbonyl (C=O) groups excluding carboxylic acids is 2. The van der Waals surface area contributed by atoms with Gasteiger partial charge in [0.1, 0.15) is 0 Å². The van der Waals surface area contributed by atoms with Gasteiger partial charge in [-0.3, -0.25) is 4.79 Å². The van der Waals surface area contributed by atoms with Crippen LogP contribution in [0.25, 0.3) is 0 Å². The van der Waals surface area contributed by atoms with E-state index in [9.17, 15) is 9.59 Å². The van der Waals surface area contributed by atoms with Crippen LogP contribution in [0, 0.1) is 0 Å². The Balaban J connectivity index is 1.98. The summed E-state index contributed by atoms with van der Waals surface area (Å²) >= 11 is 1.41. The van der Waals surface area contributed by atoms with E-state index in [1.165, 1.54) is 11.8 Å². The molecule has 0 unspecified atom stereocenters. The molecule has 1 amide bonds. The maximum atomic E-state index is 12.4. The third kappa shape index (κ3) is 5.65. The van der Waals surface area contributed by atoms with Gasteiger partial charge in [0, 0.05) is 10.6 Å². The van der Waals surface area contributed by atoms with Crippen LogP contribution in [-0.4, -0.2) is 38.0 Å². The standard InChI is InChI=1S/C20H23NO5S/c1-5-26-20(23)14-6-8-15(9-7-14)21-19(22)13(2)27-16-10-11-17(24-3)18(12-16)25-4/h6-13H,5H2,1-4H3,(H,21,22)/t13-/m0/s1. The fraction of sp³-hybridized carbons (Fsp3) is 0.300. The van der Waals surface area contributed by atoms with Crippen molar-refractivity contribution in [3.8, 4) is 11.5 Å². The van der Waals surface area contributed by atoms with Gasteiger partial charge in [-0.2, -0.15) is 0 Å². The first-order valence-electron chi connectivity index (χ1n) is 8.45. The van der Waals surface area contributed by atoms with Crippen LogP contribution in [0.5, 0.6) is 11.5 Å². The molecule has 0 aliphatic heterocycles. The van der Waals surface area contributed by atoms with E-state index < -0.39 is 0 Å². The maximum absolute atomic E-state index is 12.4. The number of anilines is 1. The van der Waals surface area contributed by atoms with Crippen molar-refractivity contribution in [1.29, 1.82) is 0 Å². The number of hydrogen-bond acceptors (Lipinski definition) is 6. The topological polar surface area (TPSA) is 73.9 Å². The van der Waals surface area contributed by atoms with Crippen LogP contribution in [0.15, 0.2) is 47.4 Å².